The van der Waals surface area contributed by atoms with E-state index in [-0.39, 0.29) is 17.9 Å². The van der Waals surface area contributed by atoms with Crippen LogP contribution in [0, 0.1) is 11.8 Å². The lowest BCUT2D eigenvalue weighted by molar-refractivity contribution is -0.126. The van der Waals surface area contributed by atoms with Gasteiger partial charge in [-0.05, 0) is 76.0 Å². The van der Waals surface area contributed by atoms with Crippen LogP contribution in [0.5, 0.6) is 0 Å². The molecule has 0 atom stereocenters. The van der Waals surface area contributed by atoms with Crippen LogP contribution in [0.25, 0.3) is 5.57 Å². The molecule has 1 N–H and O–H groups in total. The van der Waals surface area contributed by atoms with Crippen molar-refractivity contribution in [2.24, 2.45) is 11.8 Å². The molecule has 1 aromatic rings. The van der Waals surface area contributed by atoms with Crippen molar-refractivity contribution in [1.29, 1.82) is 0 Å². The number of allylic oxidation sites excluding steroid dienone is 1. The van der Waals surface area contributed by atoms with Crippen molar-refractivity contribution in [3.05, 3.63) is 35.7 Å². The Balaban J connectivity index is 1.36. The van der Waals surface area contributed by atoms with Gasteiger partial charge in [0.2, 0.25) is 5.91 Å². The Bertz CT molecular complexity index is 789. The number of carbonyl (C=O) groups is 2. The molecule has 3 rings (SSSR count). The fourth-order valence-electron chi connectivity index (χ4n) is 4.33. The van der Waals surface area contributed by atoms with E-state index in [9.17, 15) is 9.59 Å². The highest BCUT2D eigenvalue weighted by Gasteiger charge is 2.28. The highest BCUT2D eigenvalue weighted by molar-refractivity contribution is 5.79. The van der Waals surface area contributed by atoms with Gasteiger partial charge in [-0.15, -0.1) is 0 Å². The summed E-state index contributed by atoms with van der Waals surface area (Å²) < 4.78 is 5.42. The van der Waals surface area contributed by atoms with E-state index >= 15 is 0 Å². The second-order valence-electron chi connectivity index (χ2n) is 9.55. The van der Waals surface area contributed by atoms with Crippen LogP contribution in [0.15, 0.2) is 24.4 Å². The van der Waals surface area contributed by atoms with Crippen molar-refractivity contribution < 1.29 is 14.3 Å². The lowest BCUT2D eigenvalue weighted by Gasteiger charge is -2.31. The molecule has 0 radical (unpaired) electrons. The number of rotatable bonds is 6. The third-order valence-electron chi connectivity index (χ3n) is 5.93. The Morgan fingerprint density at radius 1 is 1.23 bits per heavy atom. The number of ether oxygens (including phenoxy) is 1. The minimum atomic E-state index is -0.478. The number of fused-ring (bicyclic) bond motifs is 1. The molecule has 0 saturated heterocycles. The number of nitrogens with one attached hydrogen (secondary N) is 1. The molecular formula is C24H35N3O3. The van der Waals surface area contributed by atoms with Crippen molar-refractivity contribution in [3.8, 4) is 0 Å². The molecule has 2 aliphatic rings. The molecule has 1 fully saturated rings. The maximum absolute atomic E-state index is 12.6. The quantitative estimate of drug-likeness (QED) is 0.759. The van der Waals surface area contributed by atoms with Gasteiger partial charge in [-0.1, -0.05) is 12.1 Å². The summed E-state index contributed by atoms with van der Waals surface area (Å²) in [5.41, 5.74) is 3.16. The van der Waals surface area contributed by atoms with Crippen LogP contribution in [0.1, 0.15) is 64.1 Å². The molecular weight excluding hydrogens is 378 g/mol. The van der Waals surface area contributed by atoms with Gasteiger partial charge in [0, 0.05) is 38.7 Å². The van der Waals surface area contributed by atoms with Gasteiger partial charge in [-0.3, -0.25) is 9.78 Å². The monoisotopic (exact) mass is 413 g/mol. The Hall–Kier alpha value is -2.37. The van der Waals surface area contributed by atoms with E-state index in [0.717, 1.165) is 44.2 Å². The third kappa shape index (κ3) is 6.07. The summed E-state index contributed by atoms with van der Waals surface area (Å²) in [4.78, 5) is 30.8. The predicted molar refractivity (Wildman–Crippen MR) is 118 cm³/mol. The van der Waals surface area contributed by atoms with E-state index in [1.54, 1.807) is 11.9 Å². The first kappa shape index (κ1) is 22.3. The van der Waals surface area contributed by atoms with Crippen molar-refractivity contribution >= 4 is 17.6 Å². The lowest BCUT2D eigenvalue weighted by atomic mass is 9.81. The number of hydrogen-bond donors (Lipinski definition) is 1. The number of carbonyl (C=O) groups excluding carboxylic acids is 2. The molecule has 0 bridgehead atoms. The smallest absolute Gasteiger partial charge is 0.410 e. The van der Waals surface area contributed by atoms with Gasteiger partial charge in [0.1, 0.15) is 5.60 Å². The largest absolute Gasteiger partial charge is 0.444 e. The van der Waals surface area contributed by atoms with E-state index in [1.165, 1.54) is 11.1 Å². The van der Waals surface area contributed by atoms with Gasteiger partial charge in [-0.2, -0.15) is 0 Å². The molecule has 6 heteroatoms. The molecule has 6 nitrogen and oxygen atoms in total. The van der Waals surface area contributed by atoms with Crippen molar-refractivity contribution in [3.63, 3.8) is 0 Å². The summed E-state index contributed by atoms with van der Waals surface area (Å²) in [6.07, 6.45) is 9.21. The zero-order valence-corrected chi connectivity index (χ0v) is 18.7. The molecule has 2 aliphatic carbocycles. The Morgan fingerprint density at radius 2 is 1.97 bits per heavy atom. The van der Waals surface area contributed by atoms with Gasteiger partial charge >= 0.3 is 6.09 Å². The first-order valence-corrected chi connectivity index (χ1v) is 11.1. The van der Waals surface area contributed by atoms with Gasteiger partial charge in [0.05, 0.1) is 5.69 Å². The first-order valence-electron chi connectivity index (χ1n) is 11.1. The predicted octanol–water partition coefficient (Wildman–Crippen LogP) is 4.20. The Labute approximate surface area is 180 Å². The molecule has 0 aliphatic heterocycles. The van der Waals surface area contributed by atoms with Crippen LogP contribution in [-0.2, 0) is 16.0 Å². The zero-order chi connectivity index (χ0) is 21.7. The number of aromatic nitrogens is 1. The fraction of sp³-hybridized carbons (Fsp3) is 0.625. The maximum Gasteiger partial charge on any atom is 0.410 e. The van der Waals surface area contributed by atoms with E-state index < -0.39 is 5.60 Å². The average Bonchev–Trinajstić information content (AvgIpc) is 3.10. The number of pyridine rings is 1. The zero-order valence-electron chi connectivity index (χ0n) is 18.7. The summed E-state index contributed by atoms with van der Waals surface area (Å²) in [7, 11) is 1.79. The first-order chi connectivity index (χ1) is 14.2. The molecule has 30 heavy (non-hydrogen) atoms. The lowest BCUT2D eigenvalue weighted by Crippen LogP contribution is -2.39. The van der Waals surface area contributed by atoms with Gasteiger partial charge in [-0.25, -0.2) is 4.79 Å². The summed E-state index contributed by atoms with van der Waals surface area (Å²) >= 11 is 0. The summed E-state index contributed by atoms with van der Waals surface area (Å²) in [6.45, 7) is 6.98. The standard InChI is InChI=1S/C24H35N3O3/c1-24(2,3)30-23(29)27(4)16-17-7-9-19(10-8-17)22(28)26-15-13-18-11-12-21-20(18)6-5-14-25-21/h5-6,11,14,17,19H,7-10,12-13,15-16H2,1-4H3,(H,26,28). The molecule has 1 saturated carbocycles. The summed E-state index contributed by atoms with van der Waals surface area (Å²) in [5.74, 6) is 0.678. The molecule has 0 unspecified atom stereocenters. The highest BCUT2D eigenvalue weighted by Crippen LogP contribution is 2.30. The van der Waals surface area contributed by atoms with Gasteiger partial charge in [0.25, 0.3) is 0 Å². The van der Waals surface area contributed by atoms with Crippen LogP contribution >= 0.6 is 0 Å². The fourth-order valence-corrected chi connectivity index (χ4v) is 4.33. The second-order valence-corrected chi connectivity index (χ2v) is 9.55. The third-order valence-corrected chi connectivity index (χ3v) is 5.93. The van der Waals surface area contributed by atoms with Crippen LogP contribution in [0.3, 0.4) is 0 Å². The topological polar surface area (TPSA) is 71.5 Å². The molecule has 2 amide bonds. The molecule has 1 aromatic heterocycles. The summed E-state index contributed by atoms with van der Waals surface area (Å²) in [6, 6.07) is 4.08. The number of nitrogens with zero attached hydrogens (tertiary/aromatic N) is 2. The van der Waals surface area contributed by atoms with Crippen molar-refractivity contribution in [1.82, 2.24) is 15.2 Å². The Morgan fingerprint density at radius 3 is 2.67 bits per heavy atom. The van der Waals surface area contributed by atoms with Crippen LogP contribution in [-0.4, -0.2) is 47.6 Å². The second kappa shape index (κ2) is 9.63. The van der Waals surface area contributed by atoms with E-state index in [0.29, 0.717) is 19.0 Å². The number of amides is 2. The van der Waals surface area contributed by atoms with E-state index in [4.69, 9.17) is 4.74 Å². The Kier molecular flexibility index (Phi) is 7.16. The minimum absolute atomic E-state index is 0.0830. The number of hydrogen-bond acceptors (Lipinski definition) is 4. The molecule has 0 spiro atoms. The van der Waals surface area contributed by atoms with Crippen molar-refractivity contribution in [2.75, 3.05) is 20.1 Å². The van der Waals surface area contributed by atoms with E-state index in [2.05, 4.69) is 22.4 Å². The average molecular weight is 414 g/mol. The maximum atomic E-state index is 12.6. The van der Waals surface area contributed by atoms with Crippen molar-refractivity contribution in [2.45, 2.75) is 64.9 Å². The van der Waals surface area contributed by atoms with Crippen LogP contribution in [0.2, 0.25) is 0 Å². The van der Waals surface area contributed by atoms with E-state index in [1.807, 2.05) is 33.0 Å². The molecule has 164 valence electrons. The van der Waals surface area contributed by atoms with Gasteiger partial charge in [0.15, 0.2) is 0 Å². The SMILES string of the molecule is CN(CC1CCC(C(=O)NCCC2=CCc3ncccc32)CC1)C(=O)OC(C)(C)C. The summed E-state index contributed by atoms with van der Waals surface area (Å²) in [5, 5.41) is 3.12. The highest BCUT2D eigenvalue weighted by atomic mass is 16.6. The minimum Gasteiger partial charge on any atom is -0.444 e. The normalized spacial score (nSPS) is 20.9. The molecule has 0 aromatic carbocycles. The van der Waals surface area contributed by atoms with Gasteiger partial charge < -0.3 is 15.0 Å². The van der Waals surface area contributed by atoms with Crippen LogP contribution in [0.4, 0.5) is 4.79 Å². The molecule has 1 heterocycles. The van der Waals surface area contributed by atoms with Crippen LogP contribution < -0.4 is 5.32 Å².